The van der Waals surface area contributed by atoms with E-state index in [4.69, 9.17) is 5.26 Å². The van der Waals surface area contributed by atoms with Crippen LogP contribution in [0.5, 0.6) is 0 Å². The van der Waals surface area contributed by atoms with Crippen molar-refractivity contribution in [3.8, 4) is 6.07 Å². The van der Waals surface area contributed by atoms with Gasteiger partial charge in [0.1, 0.15) is 23.3 Å². The maximum atomic E-state index is 12.2. The molecule has 0 saturated carbocycles. The second-order valence-corrected chi connectivity index (χ2v) is 3.18. The van der Waals surface area contributed by atoms with Gasteiger partial charge in [-0.3, -0.25) is 5.10 Å². The van der Waals surface area contributed by atoms with Gasteiger partial charge in [-0.25, -0.2) is 9.97 Å². The lowest BCUT2D eigenvalue weighted by atomic mass is 10.3. The molecule has 18 heavy (non-hydrogen) atoms. The summed E-state index contributed by atoms with van der Waals surface area (Å²) >= 11 is 0. The summed E-state index contributed by atoms with van der Waals surface area (Å²) in [6.07, 6.45) is -1.73. The van der Waals surface area contributed by atoms with E-state index >= 15 is 0 Å². The zero-order valence-electron chi connectivity index (χ0n) is 8.65. The summed E-state index contributed by atoms with van der Waals surface area (Å²) in [6.45, 7) is 0. The Kier molecular flexibility index (Phi) is 2.85. The number of alkyl halides is 3. The maximum Gasteiger partial charge on any atom is 0.434 e. The van der Waals surface area contributed by atoms with Crippen molar-refractivity contribution in [1.29, 1.82) is 5.26 Å². The number of hydrogen-bond acceptors (Lipinski definition) is 5. The van der Waals surface area contributed by atoms with Gasteiger partial charge in [0.15, 0.2) is 5.69 Å². The van der Waals surface area contributed by atoms with Crippen molar-refractivity contribution in [2.75, 3.05) is 5.32 Å². The minimum atomic E-state index is -4.53. The van der Waals surface area contributed by atoms with Gasteiger partial charge in [0, 0.05) is 0 Å². The molecule has 0 atom stereocenters. The highest BCUT2D eigenvalue weighted by Crippen LogP contribution is 2.27. The van der Waals surface area contributed by atoms with Crippen LogP contribution in [0.1, 0.15) is 11.3 Å². The van der Waals surface area contributed by atoms with Crippen LogP contribution < -0.4 is 5.32 Å². The molecule has 0 amide bonds. The maximum absolute atomic E-state index is 12.2. The minimum absolute atomic E-state index is 0.0729. The van der Waals surface area contributed by atoms with Crippen LogP contribution >= 0.6 is 0 Å². The first-order chi connectivity index (χ1) is 8.50. The Morgan fingerprint density at radius 2 is 2.00 bits per heavy atom. The lowest BCUT2D eigenvalue weighted by Gasteiger charge is -2.06. The summed E-state index contributed by atoms with van der Waals surface area (Å²) < 4.78 is 36.7. The standard InChI is InChI=1S/C9H5F3N6/c10-9(11,12)6-3-15-7(4-14-6)17-8-5(1-13)2-16-18-8/h2-4H,(H2,15,16,17,18). The van der Waals surface area contributed by atoms with Crippen LogP contribution in [0.4, 0.5) is 24.8 Å². The second kappa shape index (κ2) is 4.33. The molecule has 0 aliphatic rings. The summed E-state index contributed by atoms with van der Waals surface area (Å²) in [5.41, 5.74) is -0.866. The number of anilines is 2. The van der Waals surface area contributed by atoms with Crippen molar-refractivity contribution in [3.05, 3.63) is 29.8 Å². The highest BCUT2D eigenvalue weighted by Gasteiger charge is 2.32. The molecule has 0 unspecified atom stereocenters. The third kappa shape index (κ3) is 2.37. The van der Waals surface area contributed by atoms with Gasteiger partial charge in [0.05, 0.1) is 18.6 Å². The van der Waals surface area contributed by atoms with Crippen molar-refractivity contribution < 1.29 is 13.2 Å². The van der Waals surface area contributed by atoms with Gasteiger partial charge in [-0.05, 0) is 0 Å². The van der Waals surface area contributed by atoms with Crippen molar-refractivity contribution in [3.63, 3.8) is 0 Å². The van der Waals surface area contributed by atoms with E-state index in [9.17, 15) is 13.2 Å². The SMILES string of the molecule is N#Cc1cn[nH]c1Nc1cnc(C(F)(F)F)cn1. The van der Waals surface area contributed by atoms with Gasteiger partial charge < -0.3 is 5.32 Å². The number of nitrogens with zero attached hydrogens (tertiary/aromatic N) is 4. The van der Waals surface area contributed by atoms with Crippen LogP contribution in [0.2, 0.25) is 0 Å². The molecule has 9 heteroatoms. The van der Waals surface area contributed by atoms with Crippen molar-refractivity contribution in [1.82, 2.24) is 20.2 Å². The first-order valence-electron chi connectivity index (χ1n) is 4.60. The molecule has 2 aromatic rings. The summed E-state index contributed by atoms with van der Waals surface area (Å²) in [7, 11) is 0. The largest absolute Gasteiger partial charge is 0.434 e. The molecule has 6 nitrogen and oxygen atoms in total. The summed E-state index contributed by atoms with van der Waals surface area (Å²) in [5.74, 6) is 0.315. The van der Waals surface area contributed by atoms with Crippen LogP contribution in [0, 0.1) is 11.3 Å². The lowest BCUT2D eigenvalue weighted by molar-refractivity contribution is -0.141. The van der Waals surface area contributed by atoms with Gasteiger partial charge in [-0.15, -0.1) is 0 Å². The Hall–Kier alpha value is -2.63. The molecule has 2 N–H and O–H groups in total. The van der Waals surface area contributed by atoms with E-state index in [-0.39, 0.29) is 17.2 Å². The Morgan fingerprint density at radius 3 is 2.56 bits per heavy atom. The molecule has 0 fully saturated rings. The zero-order valence-corrected chi connectivity index (χ0v) is 8.65. The number of rotatable bonds is 2. The number of nitriles is 1. The van der Waals surface area contributed by atoms with Gasteiger partial charge in [0.2, 0.25) is 0 Å². The van der Waals surface area contributed by atoms with Gasteiger partial charge in [-0.2, -0.15) is 23.5 Å². The van der Waals surface area contributed by atoms with Crippen molar-refractivity contribution in [2.45, 2.75) is 6.18 Å². The average Bonchev–Trinajstić information content (AvgIpc) is 2.76. The molecule has 0 aromatic carbocycles. The molecule has 0 saturated heterocycles. The number of nitrogens with one attached hydrogen (secondary N) is 2. The molecular formula is C9H5F3N6. The predicted octanol–water partition coefficient (Wildman–Crippen LogP) is 1.83. The molecule has 2 rings (SSSR count). The number of aromatic amines is 1. The molecule has 2 aromatic heterocycles. The van der Waals surface area contributed by atoms with Crippen LogP contribution in [-0.2, 0) is 6.18 Å². The molecule has 2 heterocycles. The van der Waals surface area contributed by atoms with Crippen LogP contribution in [-0.4, -0.2) is 20.2 Å². The van der Waals surface area contributed by atoms with Crippen molar-refractivity contribution >= 4 is 11.6 Å². The Balaban J connectivity index is 2.19. The topological polar surface area (TPSA) is 90.3 Å². The number of halogens is 3. The van der Waals surface area contributed by atoms with E-state index in [0.717, 1.165) is 6.20 Å². The zero-order chi connectivity index (χ0) is 13.2. The molecule has 0 bridgehead atoms. The minimum Gasteiger partial charge on any atom is -0.323 e. The van der Waals surface area contributed by atoms with E-state index in [1.54, 1.807) is 0 Å². The molecule has 92 valence electrons. The van der Waals surface area contributed by atoms with Gasteiger partial charge >= 0.3 is 6.18 Å². The van der Waals surface area contributed by atoms with Gasteiger partial charge in [0.25, 0.3) is 0 Å². The molecular weight excluding hydrogens is 249 g/mol. The third-order valence-corrected chi connectivity index (χ3v) is 1.96. The summed E-state index contributed by atoms with van der Waals surface area (Å²) in [6, 6.07) is 1.85. The number of aromatic nitrogens is 4. The summed E-state index contributed by atoms with van der Waals surface area (Å²) in [4.78, 5) is 6.76. The fourth-order valence-electron chi connectivity index (χ4n) is 1.13. The van der Waals surface area contributed by atoms with Crippen LogP contribution in [0.3, 0.4) is 0 Å². The molecule has 0 aliphatic heterocycles. The van der Waals surface area contributed by atoms with E-state index in [2.05, 4.69) is 25.5 Å². The third-order valence-electron chi connectivity index (χ3n) is 1.96. The second-order valence-electron chi connectivity index (χ2n) is 3.18. The fourth-order valence-corrected chi connectivity index (χ4v) is 1.13. The number of hydrogen-bond donors (Lipinski definition) is 2. The van der Waals surface area contributed by atoms with E-state index < -0.39 is 11.9 Å². The predicted molar refractivity (Wildman–Crippen MR) is 53.6 cm³/mol. The molecule has 0 radical (unpaired) electrons. The average molecular weight is 254 g/mol. The first kappa shape index (κ1) is 11.8. The van der Waals surface area contributed by atoms with E-state index in [1.807, 2.05) is 6.07 Å². The fraction of sp³-hybridized carbons (Fsp3) is 0.111. The van der Waals surface area contributed by atoms with E-state index in [1.165, 1.54) is 6.20 Å². The van der Waals surface area contributed by atoms with Crippen molar-refractivity contribution in [2.24, 2.45) is 0 Å². The Morgan fingerprint density at radius 1 is 1.22 bits per heavy atom. The normalized spacial score (nSPS) is 11.0. The van der Waals surface area contributed by atoms with Gasteiger partial charge in [-0.1, -0.05) is 0 Å². The number of H-pyrrole nitrogens is 1. The lowest BCUT2D eigenvalue weighted by Crippen LogP contribution is -2.09. The highest BCUT2D eigenvalue weighted by molar-refractivity contribution is 5.58. The Bertz CT molecular complexity index is 580. The smallest absolute Gasteiger partial charge is 0.323 e. The quantitative estimate of drug-likeness (QED) is 0.853. The van der Waals surface area contributed by atoms with E-state index in [0.29, 0.717) is 6.20 Å². The monoisotopic (exact) mass is 254 g/mol. The van der Waals surface area contributed by atoms with Crippen LogP contribution in [0.25, 0.3) is 0 Å². The molecule has 0 spiro atoms. The Labute approximate surface area is 98.5 Å². The first-order valence-corrected chi connectivity index (χ1v) is 4.60. The highest BCUT2D eigenvalue weighted by atomic mass is 19.4. The van der Waals surface area contributed by atoms with Crippen LogP contribution in [0.15, 0.2) is 18.6 Å². The summed E-state index contributed by atoms with van der Waals surface area (Å²) in [5, 5.41) is 17.4. The molecule has 0 aliphatic carbocycles.